The summed E-state index contributed by atoms with van der Waals surface area (Å²) in [7, 11) is 0. The molecule has 0 radical (unpaired) electrons. The maximum absolute atomic E-state index is 4.76. The van der Waals surface area contributed by atoms with Crippen molar-refractivity contribution in [3.63, 3.8) is 0 Å². The van der Waals surface area contributed by atoms with E-state index in [1.165, 1.54) is 42.5 Å². The van der Waals surface area contributed by atoms with Gasteiger partial charge in [0.25, 0.3) is 0 Å². The summed E-state index contributed by atoms with van der Waals surface area (Å²) in [6.45, 7) is 7.01. The molecule has 1 aromatic rings. The summed E-state index contributed by atoms with van der Waals surface area (Å²) in [5.74, 6) is 2.26. The third kappa shape index (κ3) is 2.31. The van der Waals surface area contributed by atoms with Gasteiger partial charge >= 0.3 is 0 Å². The topological polar surface area (TPSA) is 24.9 Å². The molecule has 1 N–H and O–H groups in total. The van der Waals surface area contributed by atoms with Crippen LogP contribution < -0.4 is 5.32 Å². The minimum atomic E-state index is 0.711. The van der Waals surface area contributed by atoms with E-state index in [1.54, 1.807) is 0 Å². The summed E-state index contributed by atoms with van der Waals surface area (Å²) in [6, 6.07) is 2.46. The predicted molar refractivity (Wildman–Crippen MR) is 74.8 cm³/mol. The molecule has 2 aliphatic rings. The molecule has 0 bridgehead atoms. The highest BCUT2D eigenvalue weighted by Crippen LogP contribution is 2.32. The van der Waals surface area contributed by atoms with E-state index in [-0.39, 0.29) is 0 Å². The van der Waals surface area contributed by atoms with E-state index in [1.807, 2.05) is 0 Å². The lowest BCUT2D eigenvalue weighted by molar-refractivity contribution is 0.348. The molecule has 1 aromatic heterocycles. The van der Waals surface area contributed by atoms with E-state index in [4.69, 9.17) is 4.98 Å². The number of nitrogens with one attached hydrogen (secondary N) is 1. The molecule has 2 heterocycles. The molecule has 2 heteroatoms. The largest absolute Gasteiger partial charge is 0.316 e. The molecule has 0 aromatic carbocycles. The average Bonchev–Trinajstić information content (AvgIpc) is 2.39. The van der Waals surface area contributed by atoms with E-state index in [9.17, 15) is 0 Å². The van der Waals surface area contributed by atoms with Gasteiger partial charge in [-0.2, -0.15) is 0 Å². The number of fused-ring (bicyclic) bond motifs is 1. The first kappa shape index (κ1) is 12.2. The Kier molecular flexibility index (Phi) is 3.38. The van der Waals surface area contributed by atoms with Crippen molar-refractivity contribution < 1.29 is 0 Å². The molecule has 2 nitrogen and oxygen atoms in total. The second-order valence-corrected chi connectivity index (χ2v) is 6.30. The molecule has 1 fully saturated rings. The molecule has 18 heavy (non-hydrogen) atoms. The van der Waals surface area contributed by atoms with Gasteiger partial charge in [-0.25, -0.2) is 0 Å². The maximum atomic E-state index is 4.76. The van der Waals surface area contributed by atoms with E-state index < -0.39 is 0 Å². The Morgan fingerprint density at radius 3 is 3.00 bits per heavy atom. The molecular weight excluding hydrogens is 220 g/mol. The number of aryl methyl sites for hydroxylation is 1. The van der Waals surface area contributed by atoms with Crippen LogP contribution in [0.2, 0.25) is 0 Å². The molecule has 3 rings (SSSR count). The zero-order chi connectivity index (χ0) is 12.5. The number of pyridine rings is 1. The summed E-state index contributed by atoms with van der Waals surface area (Å²) in [5, 5.41) is 3.48. The Bertz CT molecular complexity index is 427. The van der Waals surface area contributed by atoms with Crippen LogP contribution in [0, 0.1) is 11.8 Å². The van der Waals surface area contributed by atoms with E-state index in [2.05, 4.69) is 31.4 Å². The Balaban J connectivity index is 1.85. The Morgan fingerprint density at radius 2 is 2.17 bits per heavy atom. The highest BCUT2D eigenvalue weighted by Gasteiger charge is 2.24. The Hall–Kier alpha value is -0.890. The van der Waals surface area contributed by atoms with Crippen LogP contribution in [-0.2, 0) is 12.8 Å². The first-order valence-electron chi connectivity index (χ1n) is 7.42. The van der Waals surface area contributed by atoms with Crippen molar-refractivity contribution >= 4 is 0 Å². The molecule has 1 saturated heterocycles. The molecular formula is C16H24N2. The van der Waals surface area contributed by atoms with Crippen LogP contribution in [-0.4, -0.2) is 18.1 Å². The minimum absolute atomic E-state index is 0.711. The fourth-order valence-electron chi connectivity index (χ4n) is 3.50. The highest BCUT2D eigenvalue weighted by atomic mass is 14.9. The van der Waals surface area contributed by atoms with Gasteiger partial charge in [-0.15, -0.1) is 0 Å². The van der Waals surface area contributed by atoms with Gasteiger partial charge in [0, 0.05) is 11.9 Å². The van der Waals surface area contributed by atoms with Crippen molar-refractivity contribution in [2.75, 3.05) is 13.1 Å². The van der Waals surface area contributed by atoms with Crippen LogP contribution in [0.1, 0.15) is 49.4 Å². The number of aromatic nitrogens is 1. The van der Waals surface area contributed by atoms with Crippen molar-refractivity contribution in [3.05, 3.63) is 29.1 Å². The van der Waals surface area contributed by atoms with Crippen LogP contribution >= 0.6 is 0 Å². The molecule has 1 aliphatic heterocycles. The highest BCUT2D eigenvalue weighted by molar-refractivity contribution is 5.30. The van der Waals surface area contributed by atoms with Gasteiger partial charge in [-0.05, 0) is 67.7 Å². The fourth-order valence-corrected chi connectivity index (χ4v) is 3.50. The molecule has 3 atom stereocenters. The molecule has 0 spiro atoms. The predicted octanol–water partition coefficient (Wildman–Crippen LogP) is 2.92. The molecule has 0 amide bonds. The molecule has 98 valence electrons. The summed E-state index contributed by atoms with van der Waals surface area (Å²) in [6.07, 6.45) is 7.16. The van der Waals surface area contributed by atoms with Gasteiger partial charge < -0.3 is 5.32 Å². The third-order valence-corrected chi connectivity index (χ3v) is 4.74. The summed E-state index contributed by atoms with van der Waals surface area (Å²) < 4.78 is 0. The van der Waals surface area contributed by atoms with Crippen molar-refractivity contribution in [1.82, 2.24) is 10.3 Å². The van der Waals surface area contributed by atoms with Gasteiger partial charge in [0.15, 0.2) is 0 Å². The summed E-state index contributed by atoms with van der Waals surface area (Å²) in [4.78, 5) is 4.76. The smallest absolute Gasteiger partial charge is 0.0438 e. The lowest BCUT2D eigenvalue weighted by Gasteiger charge is -2.31. The average molecular weight is 244 g/mol. The quantitative estimate of drug-likeness (QED) is 0.821. The van der Waals surface area contributed by atoms with Gasteiger partial charge in [0.2, 0.25) is 0 Å². The molecule has 1 unspecified atom stereocenters. The lowest BCUT2D eigenvalue weighted by Crippen LogP contribution is -2.34. The second-order valence-electron chi connectivity index (χ2n) is 6.30. The van der Waals surface area contributed by atoms with E-state index >= 15 is 0 Å². The molecule has 1 aliphatic carbocycles. The van der Waals surface area contributed by atoms with Crippen molar-refractivity contribution in [2.24, 2.45) is 11.8 Å². The van der Waals surface area contributed by atoms with E-state index in [0.29, 0.717) is 5.92 Å². The minimum Gasteiger partial charge on any atom is -0.316 e. The lowest BCUT2D eigenvalue weighted by atomic mass is 9.81. The van der Waals surface area contributed by atoms with E-state index in [0.717, 1.165) is 24.9 Å². The normalized spacial score (nSPS) is 32.0. The third-order valence-electron chi connectivity index (χ3n) is 4.74. The summed E-state index contributed by atoms with van der Waals surface area (Å²) >= 11 is 0. The molecule has 0 saturated carbocycles. The van der Waals surface area contributed by atoms with Gasteiger partial charge in [-0.3, -0.25) is 4.98 Å². The number of hydrogen-bond acceptors (Lipinski definition) is 2. The van der Waals surface area contributed by atoms with Crippen LogP contribution in [0.4, 0.5) is 0 Å². The zero-order valence-electron chi connectivity index (χ0n) is 11.6. The summed E-state index contributed by atoms with van der Waals surface area (Å²) in [5.41, 5.74) is 4.37. The van der Waals surface area contributed by atoms with Crippen LogP contribution in [0.3, 0.4) is 0 Å². The Morgan fingerprint density at radius 1 is 1.28 bits per heavy atom. The fraction of sp³-hybridized carbons (Fsp3) is 0.688. The monoisotopic (exact) mass is 244 g/mol. The maximum Gasteiger partial charge on any atom is 0.0438 e. The second kappa shape index (κ2) is 5.00. The van der Waals surface area contributed by atoms with Crippen LogP contribution in [0.15, 0.2) is 12.3 Å². The van der Waals surface area contributed by atoms with Crippen molar-refractivity contribution in [2.45, 2.75) is 45.4 Å². The number of nitrogens with zero attached hydrogens (tertiary/aromatic N) is 1. The zero-order valence-corrected chi connectivity index (χ0v) is 11.6. The standard InChI is InChI=1S/C16H24N2/c1-11-3-4-13-8-14(10-18-16(13)7-11)15-5-6-17-9-12(15)2/h8,10-12,15,17H,3-7,9H2,1-2H3/t11?,12-,15-/m0/s1. The van der Waals surface area contributed by atoms with Crippen molar-refractivity contribution in [3.8, 4) is 0 Å². The van der Waals surface area contributed by atoms with Crippen LogP contribution in [0.25, 0.3) is 0 Å². The van der Waals surface area contributed by atoms with Crippen molar-refractivity contribution in [1.29, 1.82) is 0 Å². The van der Waals surface area contributed by atoms with Crippen LogP contribution in [0.5, 0.6) is 0 Å². The first-order chi connectivity index (χ1) is 8.74. The Labute approximate surface area is 110 Å². The number of rotatable bonds is 1. The van der Waals surface area contributed by atoms with Gasteiger partial charge in [-0.1, -0.05) is 19.9 Å². The van der Waals surface area contributed by atoms with Gasteiger partial charge in [0.05, 0.1) is 0 Å². The first-order valence-corrected chi connectivity index (χ1v) is 7.42. The van der Waals surface area contributed by atoms with Gasteiger partial charge in [0.1, 0.15) is 0 Å². The number of piperidine rings is 1. The number of hydrogen-bond donors (Lipinski definition) is 1. The SMILES string of the molecule is CC1CCc2cc([C@H]3CCNC[C@@H]3C)cnc2C1.